The predicted octanol–water partition coefficient (Wildman–Crippen LogP) is 4.08. The fourth-order valence-electron chi connectivity index (χ4n) is 2.57. The lowest BCUT2D eigenvalue weighted by Crippen LogP contribution is -2.17. The highest BCUT2D eigenvalue weighted by Crippen LogP contribution is 2.20. The molecule has 0 aliphatic heterocycles. The van der Waals surface area contributed by atoms with Crippen LogP contribution in [0, 0.1) is 6.92 Å². The van der Waals surface area contributed by atoms with E-state index in [1.807, 2.05) is 43.3 Å². The Morgan fingerprint density at radius 1 is 1.25 bits per heavy atom. The van der Waals surface area contributed by atoms with Crippen molar-refractivity contribution in [2.24, 2.45) is 0 Å². The standard InChI is InChI=1S/C18H17BrN2O3/c1-12-11-13(8-9-14(12)19)20-17(22)7-4-10-21-15-5-2-3-6-16(15)24-18(21)23/h2-3,5-6,8-9,11H,4,7,10H2,1H3,(H,20,22). The average Bonchev–Trinajstić information content (AvgIpc) is 2.87. The number of anilines is 1. The first kappa shape index (κ1) is 16.5. The average molecular weight is 389 g/mol. The number of halogens is 1. The molecular formula is C18H17BrN2O3. The van der Waals surface area contributed by atoms with Gasteiger partial charge in [-0.3, -0.25) is 9.36 Å². The molecule has 0 radical (unpaired) electrons. The Kier molecular flexibility index (Phi) is 4.85. The minimum Gasteiger partial charge on any atom is -0.408 e. The summed E-state index contributed by atoms with van der Waals surface area (Å²) in [6.45, 7) is 2.42. The molecule has 1 N–H and O–H groups in total. The summed E-state index contributed by atoms with van der Waals surface area (Å²) >= 11 is 3.43. The molecule has 0 bridgehead atoms. The van der Waals surface area contributed by atoms with Crippen LogP contribution in [0.1, 0.15) is 18.4 Å². The van der Waals surface area contributed by atoms with E-state index < -0.39 is 0 Å². The summed E-state index contributed by atoms with van der Waals surface area (Å²) in [6.07, 6.45) is 0.895. The molecule has 3 rings (SSSR count). The third-order valence-electron chi connectivity index (χ3n) is 3.80. The zero-order valence-electron chi connectivity index (χ0n) is 13.2. The molecule has 124 valence electrons. The molecule has 1 aromatic heterocycles. The van der Waals surface area contributed by atoms with Gasteiger partial charge in [0.2, 0.25) is 5.91 Å². The summed E-state index contributed by atoms with van der Waals surface area (Å²) in [5.41, 5.74) is 3.15. The number of carbonyl (C=O) groups excluding carboxylic acids is 1. The number of nitrogens with one attached hydrogen (secondary N) is 1. The second kappa shape index (κ2) is 7.05. The van der Waals surface area contributed by atoms with E-state index in [4.69, 9.17) is 4.42 Å². The smallest absolute Gasteiger partial charge is 0.408 e. The first-order chi connectivity index (χ1) is 11.5. The van der Waals surface area contributed by atoms with Crippen LogP contribution in [0.3, 0.4) is 0 Å². The Bertz CT molecular complexity index is 943. The Morgan fingerprint density at radius 2 is 2.04 bits per heavy atom. The number of benzene rings is 2. The van der Waals surface area contributed by atoms with Gasteiger partial charge in [-0.15, -0.1) is 0 Å². The summed E-state index contributed by atoms with van der Waals surface area (Å²) in [5, 5.41) is 2.87. The Balaban J connectivity index is 1.59. The number of amides is 1. The number of para-hydroxylation sites is 2. The molecule has 0 saturated carbocycles. The lowest BCUT2D eigenvalue weighted by molar-refractivity contribution is -0.116. The molecule has 0 fully saturated rings. The van der Waals surface area contributed by atoms with Crippen LogP contribution in [0.15, 0.2) is 56.1 Å². The fourth-order valence-corrected chi connectivity index (χ4v) is 2.82. The minimum absolute atomic E-state index is 0.0717. The molecule has 1 amide bonds. The van der Waals surface area contributed by atoms with Crippen molar-refractivity contribution in [3.05, 3.63) is 63.1 Å². The van der Waals surface area contributed by atoms with Gasteiger partial charge in [-0.1, -0.05) is 28.1 Å². The van der Waals surface area contributed by atoms with Crippen LogP contribution in [-0.2, 0) is 11.3 Å². The lowest BCUT2D eigenvalue weighted by atomic mass is 10.2. The zero-order chi connectivity index (χ0) is 17.1. The van der Waals surface area contributed by atoms with Crippen LogP contribution >= 0.6 is 15.9 Å². The van der Waals surface area contributed by atoms with E-state index in [0.29, 0.717) is 25.0 Å². The summed E-state index contributed by atoms with van der Waals surface area (Å²) in [5.74, 6) is -0.460. The van der Waals surface area contributed by atoms with Crippen LogP contribution < -0.4 is 11.1 Å². The Morgan fingerprint density at radius 3 is 2.83 bits per heavy atom. The highest BCUT2D eigenvalue weighted by Gasteiger charge is 2.09. The highest BCUT2D eigenvalue weighted by molar-refractivity contribution is 9.10. The number of nitrogens with zero attached hydrogens (tertiary/aromatic N) is 1. The van der Waals surface area contributed by atoms with Crippen molar-refractivity contribution in [1.82, 2.24) is 4.57 Å². The molecule has 5 nitrogen and oxygen atoms in total. The van der Waals surface area contributed by atoms with E-state index in [1.54, 1.807) is 10.6 Å². The third-order valence-corrected chi connectivity index (χ3v) is 4.69. The van der Waals surface area contributed by atoms with Crippen LogP contribution in [0.25, 0.3) is 11.1 Å². The largest absolute Gasteiger partial charge is 0.419 e. The van der Waals surface area contributed by atoms with E-state index in [2.05, 4.69) is 21.2 Å². The molecule has 0 atom stereocenters. The van der Waals surface area contributed by atoms with Gasteiger partial charge in [-0.05, 0) is 49.2 Å². The van der Waals surface area contributed by atoms with E-state index in [-0.39, 0.29) is 11.7 Å². The van der Waals surface area contributed by atoms with Crippen molar-refractivity contribution in [3.8, 4) is 0 Å². The van der Waals surface area contributed by atoms with E-state index in [9.17, 15) is 9.59 Å². The van der Waals surface area contributed by atoms with Crippen LogP contribution in [0.5, 0.6) is 0 Å². The van der Waals surface area contributed by atoms with Crippen LogP contribution in [0.2, 0.25) is 0 Å². The summed E-state index contributed by atoms with van der Waals surface area (Å²) in [4.78, 5) is 23.9. The maximum Gasteiger partial charge on any atom is 0.419 e. The molecule has 0 spiro atoms. The van der Waals surface area contributed by atoms with Crippen molar-refractivity contribution in [2.75, 3.05) is 5.32 Å². The van der Waals surface area contributed by atoms with E-state index >= 15 is 0 Å². The number of hydrogen-bond donors (Lipinski definition) is 1. The van der Waals surface area contributed by atoms with Gasteiger partial charge in [-0.25, -0.2) is 4.79 Å². The molecule has 6 heteroatoms. The second-order valence-corrected chi connectivity index (χ2v) is 6.46. The molecule has 24 heavy (non-hydrogen) atoms. The molecule has 1 heterocycles. The molecular weight excluding hydrogens is 372 g/mol. The topological polar surface area (TPSA) is 64.2 Å². The van der Waals surface area contributed by atoms with Crippen molar-refractivity contribution in [2.45, 2.75) is 26.3 Å². The number of carbonyl (C=O) groups is 1. The summed E-state index contributed by atoms with van der Waals surface area (Å²) in [6, 6.07) is 12.9. The third kappa shape index (κ3) is 3.59. The maximum absolute atomic E-state index is 12.1. The summed E-state index contributed by atoms with van der Waals surface area (Å²) in [7, 11) is 0. The van der Waals surface area contributed by atoms with Crippen LogP contribution in [0.4, 0.5) is 5.69 Å². The molecule has 0 unspecified atom stereocenters. The number of aromatic nitrogens is 1. The first-order valence-corrected chi connectivity index (χ1v) is 8.48. The molecule has 0 saturated heterocycles. The highest BCUT2D eigenvalue weighted by atomic mass is 79.9. The number of hydrogen-bond acceptors (Lipinski definition) is 3. The van der Waals surface area contributed by atoms with Crippen LogP contribution in [-0.4, -0.2) is 10.5 Å². The van der Waals surface area contributed by atoms with Gasteiger partial charge in [0.1, 0.15) is 0 Å². The fraction of sp³-hybridized carbons (Fsp3) is 0.222. The predicted molar refractivity (Wildman–Crippen MR) is 97.2 cm³/mol. The van der Waals surface area contributed by atoms with Gasteiger partial charge >= 0.3 is 5.76 Å². The van der Waals surface area contributed by atoms with Gasteiger partial charge in [0, 0.05) is 23.1 Å². The SMILES string of the molecule is Cc1cc(NC(=O)CCCn2c(=O)oc3ccccc32)ccc1Br. The normalized spacial score (nSPS) is 10.9. The lowest BCUT2D eigenvalue weighted by Gasteiger charge is -2.07. The van der Waals surface area contributed by atoms with Gasteiger partial charge in [-0.2, -0.15) is 0 Å². The Hall–Kier alpha value is -2.34. The molecule has 2 aromatic carbocycles. The Labute approximate surface area is 147 Å². The van der Waals surface area contributed by atoms with Gasteiger partial charge < -0.3 is 9.73 Å². The number of fused-ring (bicyclic) bond motifs is 1. The zero-order valence-corrected chi connectivity index (χ0v) is 14.8. The van der Waals surface area contributed by atoms with Gasteiger partial charge in [0.15, 0.2) is 5.58 Å². The second-order valence-electron chi connectivity index (χ2n) is 5.60. The number of aryl methyl sites for hydroxylation is 2. The van der Waals surface area contributed by atoms with E-state index in [1.165, 1.54) is 0 Å². The molecule has 3 aromatic rings. The monoisotopic (exact) mass is 388 g/mol. The summed E-state index contributed by atoms with van der Waals surface area (Å²) < 4.78 is 7.75. The minimum atomic E-state index is -0.389. The number of oxazole rings is 1. The molecule has 0 aliphatic carbocycles. The van der Waals surface area contributed by atoms with Crippen molar-refractivity contribution in [3.63, 3.8) is 0 Å². The van der Waals surface area contributed by atoms with Crippen molar-refractivity contribution < 1.29 is 9.21 Å². The quantitative estimate of drug-likeness (QED) is 0.715. The first-order valence-electron chi connectivity index (χ1n) is 7.69. The van der Waals surface area contributed by atoms with Gasteiger partial charge in [0.25, 0.3) is 0 Å². The van der Waals surface area contributed by atoms with Gasteiger partial charge in [0.05, 0.1) is 5.52 Å². The maximum atomic E-state index is 12.1. The van der Waals surface area contributed by atoms with E-state index in [0.717, 1.165) is 21.2 Å². The van der Waals surface area contributed by atoms with Crippen molar-refractivity contribution in [1.29, 1.82) is 0 Å². The molecule has 0 aliphatic rings. The number of rotatable bonds is 5. The van der Waals surface area contributed by atoms with Crippen molar-refractivity contribution >= 4 is 38.6 Å².